The molecule has 0 unspecified atom stereocenters. The van der Waals surface area contributed by atoms with Gasteiger partial charge in [-0.05, 0) is 25.0 Å². The van der Waals surface area contributed by atoms with E-state index in [1.54, 1.807) is 19.1 Å². The number of ether oxygens (including phenoxy) is 1. The highest BCUT2D eigenvalue weighted by atomic mass is 16.5. The fourth-order valence-corrected chi connectivity index (χ4v) is 2.22. The van der Waals surface area contributed by atoms with Gasteiger partial charge in [-0.1, -0.05) is 19.9 Å². The van der Waals surface area contributed by atoms with Gasteiger partial charge < -0.3 is 15.4 Å². The average Bonchev–Trinajstić information content (AvgIpc) is 2.48. The molecule has 0 heterocycles. The highest BCUT2D eigenvalue weighted by Gasteiger charge is 2.36. The van der Waals surface area contributed by atoms with Gasteiger partial charge in [-0.15, -0.1) is 0 Å². The first-order valence-corrected chi connectivity index (χ1v) is 6.67. The molecule has 0 atom stereocenters. The molecule has 1 amide bonds. The standard InChI is InChI=1S/C15H24N2O2/c1-5-15(6-2,11-16)14(18)17(3)12-8-7-9-13(10-12)19-4/h7-10H,5-6,11,16H2,1-4H3. The van der Waals surface area contributed by atoms with Crippen LogP contribution in [0.25, 0.3) is 0 Å². The van der Waals surface area contributed by atoms with Crippen LogP contribution >= 0.6 is 0 Å². The number of anilines is 1. The first-order valence-electron chi connectivity index (χ1n) is 6.67. The van der Waals surface area contributed by atoms with Crippen molar-refractivity contribution < 1.29 is 9.53 Å². The SMILES string of the molecule is CCC(CC)(CN)C(=O)N(C)c1cccc(OC)c1. The number of hydrogen-bond donors (Lipinski definition) is 1. The summed E-state index contributed by atoms with van der Waals surface area (Å²) < 4.78 is 5.19. The lowest BCUT2D eigenvalue weighted by Crippen LogP contribution is -2.46. The van der Waals surface area contributed by atoms with Gasteiger partial charge in [0, 0.05) is 25.3 Å². The van der Waals surface area contributed by atoms with E-state index in [1.165, 1.54) is 0 Å². The van der Waals surface area contributed by atoms with Crippen LogP contribution in [-0.2, 0) is 4.79 Å². The Bertz CT molecular complexity index is 420. The van der Waals surface area contributed by atoms with Crippen LogP contribution < -0.4 is 15.4 Å². The normalized spacial score (nSPS) is 11.2. The minimum atomic E-state index is -0.474. The molecular formula is C15H24N2O2. The van der Waals surface area contributed by atoms with Crippen LogP contribution in [0.1, 0.15) is 26.7 Å². The van der Waals surface area contributed by atoms with Crippen molar-refractivity contribution >= 4 is 11.6 Å². The molecule has 0 bridgehead atoms. The molecule has 1 rings (SSSR count). The lowest BCUT2D eigenvalue weighted by molar-refractivity contribution is -0.127. The minimum absolute atomic E-state index is 0.0632. The maximum absolute atomic E-state index is 12.7. The quantitative estimate of drug-likeness (QED) is 0.858. The maximum Gasteiger partial charge on any atom is 0.234 e. The number of nitrogens with two attached hydrogens (primary N) is 1. The Kier molecular flexibility index (Phi) is 5.36. The highest BCUT2D eigenvalue weighted by molar-refractivity contribution is 5.97. The lowest BCUT2D eigenvalue weighted by atomic mass is 9.81. The number of hydrogen-bond acceptors (Lipinski definition) is 3. The van der Waals surface area contributed by atoms with E-state index in [2.05, 4.69) is 0 Å². The molecule has 19 heavy (non-hydrogen) atoms. The van der Waals surface area contributed by atoms with E-state index in [4.69, 9.17) is 10.5 Å². The molecule has 4 heteroatoms. The lowest BCUT2D eigenvalue weighted by Gasteiger charge is -2.33. The Hall–Kier alpha value is -1.55. The van der Waals surface area contributed by atoms with Crippen molar-refractivity contribution in [2.24, 2.45) is 11.1 Å². The Morgan fingerprint density at radius 1 is 1.37 bits per heavy atom. The summed E-state index contributed by atoms with van der Waals surface area (Å²) in [5.74, 6) is 0.803. The van der Waals surface area contributed by atoms with Crippen molar-refractivity contribution in [1.29, 1.82) is 0 Å². The first-order chi connectivity index (χ1) is 9.04. The third kappa shape index (κ3) is 3.07. The molecule has 106 valence electrons. The number of methoxy groups -OCH3 is 1. The summed E-state index contributed by atoms with van der Waals surface area (Å²) in [7, 11) is 3.40. The Morgan fingerprint density at radius 3 is 2.47 bits per heavy atom. The number of benzene rings is 1. The molecule has 0 aliphatic carbocycles. The van der Waals surface area contributed by atoms with Crippen LogP contribution in [0.3, 0.4) is 0 Å². The van der Waals surface area contributed by atoms with E-state index in [0.717, 1.165) is 24.3 Å². The molecule has 0 saturated carbocycles. The second-order valence-electron chi connectivity index (χ2n) is 4.76. The van der Waals surface area contributed by atoms with Gasteiger partial charge in [0.25, 0.3) is 0 Å². The zero-order valence-corrected chi connectivity index (χ0v) is 12.3. The van der Waals surface area contributed by atoms with E-state index < -0.39 is 5.41 Å². The molecule has 4 nitrogen and oxygen atoms in total. The van der Waals surface area contributed by atoms with Gasteiger partial charge in [0.2, 0.25) is 5.91 Å². The Balaban J connectivity index is 3.04. The first kappa shape index (κ1) is 15.5. The van der Waals surface area contributed by atoms with Crippen LogP contribution in [0, 0.1) is 5.41 Å². The predicted octanol–water partition coefficient (Wildman–Crippen LogP) is 2.42. The van der Waals surface area contributed by atoms with E-state index in [0.29, 0.717) is 6.54 Å². The molecule has 0 radical (unpaired) electrons. The summed E-state index contributed by atoms with van der Waals surface area (Å²) in [5.41, 5.74) is 6.18. The van der Waals surface area contributed by atoms with Crippen molar-refractivity contribution in [3.8, 4) is 5.75 Å². The summed E-state index contributed by atoms with van der Waals surface area (Å²) in [6.45, 7) is 4.38. The largest absolute Gasteiger partial charge is 0.497 e. The van der Waals surface area contributed by atoms with E-state index in [-0.39, 0.29) is 5.91 Å². The fourth-order valence-electron chi connectivity index (χ4n) is 2.22. The van der Waals surface area contributed by atoms with Crippen LogP contribution in [0.5, 0.6) is 5.75 Å². The topological polar surface area (TPSA) is 55.6 Å². The number of carbonyl (C=O) groups is 1. The molecule has 1 aromatic carbocycles. The Morgan fingerprint density at radius 2 is 2.00 bits per heavy atom. The molecule has 1 aromatic rings. The minimum Gasteiger partial charge on any atom is -0.497 e. The van der Waals surface area contributed by atoms with E-state index >= 15 is 0 Å². The van der Waals surface area contributed by atoms with Gasteiger partial charge in [0.1, 0.15) is 5.75 Å². The maximum atomic E-state index is 12.7. The molecule has 0 saturated heterocycles. The molecule has 0 aliphatic rings. The van der Waals surface area contributed by atoms with Crippen LogP contribution in [-0.4, -0.2) is 26.6 Å². The van der Waals surface area contributed by atoms with Crippen LogP contribution in [0.15, 0.2) is 24.3 Å². The third-order valence-electron chi connectivity index (χ3n) is 3.94. The smallest absolute Gasteiger partial charge is 0.234 e. The van der Waals surface area contributed by atoms with Crippen molar-refractivity contribution in [3.05, 3.63) is 24.3 Å². The van der Waals surface area contributed by atoms with Crippen LogP contribution in [0.2, 0.25) is 0 Å². The number of nitrogens with zero attached hydrogens (tertiary/aromatic N) is 1. The van der Waals surface area contributed by atoms with Gasteiger partial charge in [-0.25, -0.2) is 0 Å². The monoisotopic (exact) mass is 264 g/mol. The molecule has 0 spiro atoms. The van der Waals surface area contributed by atoms with E-state index in [9.17, 15) is 4.79 Å². The van der Waals surface area contributed by atoms with Gasteiger partial charge in [-0.3, -0.25) is 4.79 Å². The molecule has 0 aliphatic heterocycles. The van der Waals surface area contributed by atoms with Crippen molar-refractivity contribution in [2.75, 3.05) is 25.6 Å². The summed E-state index contributed by atoms with van der Waals surface area (Å²) in [4.78, 5) is 14.3. The highest BCUT2D eigenvalue weighted by Crippen LogP contribution is 2.30. The number of carbonyl (C=O) groups excluding carboxylic acids is 1. The number of rotatable bonds is 6. The van der Waals surface area contributed by atoms with Crippen molar-refractivity contribution in [3.63, 3.8) is 0 Å². The zero-order valence-electron chi connectivity index (χ0n) is 12.3. The predicted molar refractivity (Wildman–Crippen MR) is 78.5 cm³/mol. The molecular weight excluding hydrogens is 240 g/mol. The van der Waals surface area contributed by atoms with Gasteiger partial charge >= 0.3 is 0 Å². The Labute approximate surface area is 115 Å². The molecule has 2 N–H and O–H groups in total. The summed E-state index contributed by atoms with van der Waals surface area (Å²) in [6, 6.07) is 7.48. The van der Waals surface area contributed by atoms with Gasteiger partial charge in [0.15, 0.2) is 0 Å². The second-order valence-corrected chi connectivity index (χ2v) is 4.76. The summed E-state index contributed by atoms with van der Waals surface area (Å²) >= 11 is 0. The average molecular weight is 264 g/mol. The van der Waals surface area contributed by atoms with E-state index in [1.807, 2.05) is 38.1 Å². The van der Waals surface area contributed by atoms with Gasteiger partial charge in [-0.2, -0.15) is 0 Å². The fraction of sp³-hybridized carbons (Fsp3) is 0.533. The zero-order chi connectivity index (χ0) is 14.5. The summed E-state index contributed by atoms with van der Waals surface area (Å²) in [5, 5.41) is 0. The molecule has 0 fully saturated rings. The third-order valence-corrected chi connectivity index (χ3v) is 3.94. The second kappa shape index (κ2) is 6.57. The van der Waals surface area contributed by atoms with Crippen molar-refractivity contribution in [2.45, 2.75) is 26.7 Å². The van der Waals surface area contributed by atoms with Crippen LogP contribution in [0.4, 0.5) is 5.69 Å². The summed E-state index contributed by atoms with van der Waals surface area (Å²) in [6.07, 6.45) is 1.49. The number of amides is 1. The molecule has 0 aromatic heterocycles. The van der Waals surface area contributed by atoms with Crippen molar-refractivity contribution in [1.82, 2.24) is 0 Å². The van der Waals surface area contributed by atoms with Gasteiger partial charge in [0.05, 0.1) is 12.5 Å².